The number of rotatable bonds is 6. The molecule has 7 nitrogen and oxygen atoms in total. The molecule has 0 saturated carbocycles. The minimum Gasteiger partial charge on any atom is -0.386 e. The quantitative estimate of drug-likeness (QED) is 0.830. The summed E-state index contributed by atoms with van der Waals surface area (Å²) in [6.07, 6.45) is 4.90. The minimum absolute atomic E-state index is 0.172. The number of aryl methyl sites for hydroxylation is 1. The molecule has 2 N–H and O–H groups in total. The fourth-order valence-corrected chi connectivity index (χ4v) is 3.11. The largest absolute Gasteiger partial charge is 0.386 e. The molecule has 0 aliphatic carbocycles. The molecular formula is C18H24N4O3. The van der Waals surface area contributed by atoms with Crippen molar-refractivity contribution < 1.29 is 14.4 Å². The van der Waals surface area contributed by atoms with Gasteiger partial charge in [-0.25, -0.2) is 4.98 Å². The molecule has 1 saturated heterocycles. The van der Waals surface area contributed by atoms with Gasteiger partial charge in [-0.1, -0.05) is 18.1 Å². The Kier molecular flexibility index (Phi) is 5.33. The molecule has 7 heteroatoms. The number of amides is 1. The monoisotopic (exact) mass is 344 g/mol. The summed E-state index contributed by atoms with van der Waals surface area (Å²) in [5, 5.41) is 17.4. The molecule has 0 radical (unpaired) electrons. The van der Waals surface area contributed by atoms with E-state index < -0.39 is 5.60 Å². The van der Waals surface area contributed by atoms with Gasteiger partial charge in [0.1, 0.15) is 11.6 Å². The lowest BCUT2D eigenvalue weighted by Crippen LogP contribution is -2.54. The predicted molar refractivity (Wildman–Crippen MR) is 93.5 cm³/mol. The molecule has 2 aromatic rings. The topological polar surface area (TPSA) is 91.5 Å². The van der Waals surface area contributed by atoms with Crippen LogP contribution in [-0.4, -0.2) is 46.4 Å². The van der Waals surface area contributed by atoms with Crippen LogP contribution in [0.15, 0.2) is 35.0 Å². The van der Waals surface area contributed by atoms with Crippen molar-refractivity contribution in [2.75, 3.05) is 24.5 Å². The summed E-state index contributed by atoms with van der Waals surface area (Å²) >= 11 is 0. The Labute approximate surface area is 147 Å². The molecule has 1 aliphatic heterocycles. The summed E-state index contributed by atoms with van der Waals surface area (Å²) in [6, 6.07) is 7.37. The number of carbonyl (C=O) groups is 1. The standard InChI is InChI=1S/C18H24N4O3/c1-2-6-14-11-15(21-25-14)17(23)20-12-18(24)8-5-10-22(13-18)16-7-3-4-9-19-16/h3-4,7,9,11,24H,2,5-6,8,10,12-13H2,1H3,(H,20,23). The van der Waals surface area contributed by atoms with Crippen LogP contribution in [0.5, 0.6) is 0 Å². The van der Waals surface area contributed by atoms with E-state index in [1.807, 2.05) is 30.0 Å². The number of nitrogens with zero attached hydrogens (tertiary/aromatic N) is 3. The van der Waals surface area contributed by atoms with Gasteiger partial charge in [-0.2, -0.15) is 0 Å². The third-order valence-electron chi connectivity index (χ3n) is 4.39. The second-order valence-electron chi connectivity index (χ2n) is 6.55. The number of β-amino-alcohol motifs (C(OH)–C–C–N with tert-alkyl or cyclic N) is 1. The lowest BCUT2D eigenvalue weighted by molar-refractivity contribution is 0.0253. The Morgan fingerprint density at radius 1 is 1.48 bits per heavy atom. The van der Waals surface area contributed by atoms with E-state index >= 15 is 0 Å². The molecule has 0 aromatic carbocycles. The number of aromatic nitrogens is 2. The number of hydrogen-bond donors (Lipinski definition) is 2. The van der Waals surface area contributed by atoms with E-state index in [4.69, 9.17) is 4.52 Å². The first-order chi connectivity index (χ1) is 12.1. The highest BCUT2D eigenvalue weighted by atomic mass is 16.5. The highest BCUT2D eigenvalue weighted by Gasteiger charge is 2.34. The summed E-state index contributed by atoms with van der Waals surface area (Å²) in [7, 11) is 0. The van der Waals surface area contributed by atoms with Crippen molar-refractivity contribution in [1.29, 1.82) is 0 Å². The summed E-state index contributed by atoms with van der Waals surface area (Å²) < 4.78 is 5.13. The van der Waals surface area contributed by atoms with Gasteiger partial charge in [-0.3, -0.25) is 4.79 Å². The lowest BCUT2D eigenvalue weighted by atomic mass is 9.92. The van der Waals surface area contributed by atoms with Crippen LogP contribution in [0.4, 0.5) is 5.82 Å². The molecule has 1 unspecified atom stereocenters. The van der Waals surface area contributed by atoms with Crippen LogP contribution in [0, 0.1) is 0 Å². The molecule has 1 amide bonds. The van der Waals surface area contributed by atoms with Gasteiger partial charge in [0.15, 0.2) is 5.69 Å². The van der Waals surface area contributed by atoms with E-state index in [0.29, 0.717) is 18.7 Å². The van der Waals surface area contributed by atoms with E-state index in [2.05, 4.69) is 15.5 Å². The van der Waals surface area contributed by atoms with Gasteiger partial charge in [-0.15, -0.1) is 0 Å². The van der Waals surface area contributed by atoms with Crippen molar-refractivity contribution in [2.45, 2.75) is 38.2 Å². The van der Waals surface area contributed by atoms with Gasteiger partial charge in [-0.05, 0) is 31.4 Å². The number of aliphatic hydroxyl groups is 1. The SMILES string of the molecule is CCCc1cc(C(=O)NCC2(O)CCCN(c3ccccn3)C2)no1. The summed E-state index contributed by atoms with van der Waals surface area (Å²) in [4.78, 5) is 18.6. The lowest BCUT2D eigenvalue weighted by Gasteiger charge is -2.39. The molecule has 25 heavy (non-hydrogen) atoms. The highest BCUT2D eigenvalue weighted by molar-refractivity contribution is 5.92. The van der Waals surface area contributed by atoms with Crippen molar-refractivity contribution in [3.8, 4) is 0 Å². The van der Waals surface area contributed by atoms with Crippen LogP contribution in [0.2, 0.25) is 0 Å². The second kappa shape index (κ2) is 7.65. The van der Waals surface area contributed by atoms with Gasteiger partial charge in [0, 0.05) is 38.3 Å². The molecule has 1 atom stereocenters. The van der Waals surface area contributed by atoms with E-state index in [1.54, 1.807) is 12.3 Å². The Morgan fingerprint density at radius 2 is 2.36 bits per heavy atom. The van der Waals surface area contributed by atoms with Crippen molar-refractivity contribution in [3.63, 3.8) is 0 Å². The van der Waals surface area contributed by atoms with E-state index in [-0.39, 0.29) is 18.1 Å². The average molecular weight is 344 g/mol. The van der Waals surface area contributed by atoms with E-state index in [1.165, 1.54) is 0 Å². The average Bonchev–Trinajstić information content (AvgIpc) is 3.10. The maximum Gasteiger partial charge on any atom is 0.273 e. The van der Waals surface area contributed by atoms with Crippen molar-refractivity contribution in [2.24, 2.45) is 0 Å². The molecule has 0 bridgehead atoms. The predicted octanol–water partition coefficient (Wildman–Crippen LogP) is 1.78. The summed E-state index contributed by atoms with van der Waals surface area (Å²) in [5.74, 6) is 1.22. The molecular weight excluding hydrogens is 320 g/mol. The van der Waals surface area contributed by atoms with Crippen LogP contribution in [0.3, 0.4) is 0 Å². The molecule has 134 valence electrons. The van der Waals surface area contributed by atoms with Crippen molar-refractivity contribution in [1.82, 2.24) is 15.5 Å². The minimum atomic E-state index is -0.985. The van der Waals surface area contributed by atoms with Crippen LogP contribution in [0.25, 0.3) is 0 Å². The molecule has 0 spiro atoms. The van der Waals surface area contributed by atoms with Gasteiger partial charge in [0.05, 0.1) is 5.60 Å². The fourth-order valence-electron chi connectivity index (χ4n) is 3.11. The summed E-state index contributed by atoms with van der Waals surface area (Å²) in [6.45, 7) is 3.49. The molecule has 3 heterocycles. The molecule has 1 aliphatic rings. The van der Waals surface area contributed by atoms with Gasteiger partial charge in [0.2, 0.25) is 0 Å². The maximum atomic E-state index is 12.2. The van der Waals surface area contributed by atoms with Crippen LogP contribution in [-0.2, 0) is 6.42 Å². The molecule has 1 fully saturated rings. The number of piperidine rings is 1. The Morgan fingerprint density at radius 3 is 3.12 bits per heavy atom. The molecule has 3 rings (SSSR count). The Hall–Kier alpha value is -2.41. The first-order valence-electron chi connectivity index (χ1n) is 8.72. The second-order valence-corrected chi connectivity index (χ2v) is 6.55. The van der Waals surface area contributed by atoms with Crippen LogP contribution < -0.4 is 10.2 Å². The number of carbonyl (C=O) groups excluding carboxylic acids is 1. The van der Waals surface area contributed by atoms with Crippen LogP contribution >= 0.6 is 0 Å². The van der Waals surface area contributed by atoms with Crippen molar-refractivity contribution >= 4 is 11.7 Å². The number of anilines is 1. The third-order valence-corrected chi connectivity index (χ3v) is 4.39. The first kappa shape index (κ1) is 17.4. The van der Waals surface area contributed by atoms with Crippen molar-refractivity contribution in [3.05, 3.63) is 41.9 Å². The van der Waals surface area contributed by atoms with Gasteiger partial charge >= 0.3 is 0 Å². The summed E-state index contributed by atoms with van der Waals surface area (Å²) in [5.41, 5.74) is -0.731. The smallest absolute Gasteiger partial charge is 0.273 e. The Bertz CT molecular complexity index is 703. The highest BCUT2D eigenvalue weighted by Crippen LogP contribution is 2.24. The van der Waals surface area contributed by atoms with Crippen LogP contribution in [0.1, 0.15) is 42.4 Å². The van der Waals surface area contributed by atoms with E-state index in [0.717, 1.165) is 31.6 Å². The number of pyridine rings is 1. The number of hydrogen-bond acceptors (Lipinski definition) is 6. The zero-order valence-electron chi connectivity index (χ0n) is 14.4. The zero-order valence-corrected chi connectivity index (χ0v) is 14.4. The number of nitrogens with one attached hydrogen (secondary N) is 1. The fraction of sp³-hybridized carbons (Fsp3) is 0.500. The first-order valence-corrected chi connectivity index (χ1v) is 8.72. The van der Waals surface area contributed by atoms with Gasteiger partial charge < -0.3 is 19.8 Å². The maximum absolute atomic E-state index is 12.2. The van der Waals surface area contributed by atoms with E-state index in [9.17, 15) is 9.90 Å². The Balaban J connectivity index is 1.58. The normalized spacial score (nSPS) is 20.5. The van der Waals surface area contributed by atoms with Gasteiger partial charge in [0.25, 0.3) is 5.91 Å². The zero-order chi connectivity index (χ0) is 17.7. The third kappa shape index (κ3) is 4.36. The molecule has 2 aromatic heterocycles.